The van der Waals surface area contributed by atoms with Crippen LogP contribution in [0.1, 0.15) is 17.3 Å². The Morgan fingerprint density at radius 1 is 1.39 bits per heavy atom. The second kappa shape index (κ2) is 4.48. The number of nitrogens with zero attached hydrogens (tertiary/aromatic N) is 1. The van der Waals surface area contributed by atoms with Gasteiger partial charge in [-0.2, -0.15) is 0 Å². The van der Waals surface area contributed by atoms with E-state index in [0.29, 0.717) is 5.52 Å². The molecule has 2 rings (SSSR count). The summed E-state index contributed by atoms with van der Waals surface area (Å²) in [4.78, 5) is 33.9. The maximum absolute atomic E-state index is 11.6. The van der Waals surface area contributed by atoms with Crippen LogP contribution in [-0.2, 0) is 16.1 Å². The van der Waals surface area contributed by atoms with Crippen molar-refractivity contribution in [1.29, 1.82) is 0 Å². The van der Waals surface area contributed by atoms with Crippen molar-refractivity contribution in [1.82, 2.24) is 4.57 Å². The van der Waals surface area contributed by atoms with Crippen LogP contribution in [0, 0.1) is 0 Å². The van der Waals surface area contributed by atoms with Gasteiger partial charge < -0.3 is 9.15 Å². The first kappa shape index (κ1) is 12.1. The van der Waals surface area contributed by atoms with Crippen LogP contribution in [0.5, 0.6) is 0 Å². The number of oxazole rings is 1. The number of methoxy groups -OCH3 is 1. The van der Waals surface area contributed by atoms with Gasteiger partial charge >= 0.3 is 11.7 Å². The van der Waals surface area contributed by atoms with Crippen LogP contribution in [0.3, 0.4) is 0 Å². The molecule has 1 heterocycles. The SMILES string of the molecule is COC(=O)c1ccc2c(c1)oc(=O)n2CC(C)=O. The number of ether oxygens (including phenoxy) is 1. The topological polar surface area (TPSA) is 78.5 Å². The molecule has 18 heavy (non-hydrogen) atoms. The van der Waals surface area contributed by atoms with E-state index in [4.69, 9.17) is 4.42 Å². The van der Waals surface area contributed by atoms with Gasteiger partial charge in [-0.05, 0) is 25.1 Å². The number of hydrogen-bond donors (Lipinski definition) is 0. The van der Waals surface area contributed by atoms with Crippen LogP contribution in [0.15, 0.2) is 27.4 Å². The molecule has 0 radical (unpaired) electrons. The molecule has 0 N–H and O–H groups in total. The van der Waals surface area contributed by atoms with Gasteiger partial charge in [0, 0.05) is 0 Å². The first-order valence-corrected chi connectivity index (χ1v) is 5.24. The minimum atomic E-state index is -0.623. The third kappa shape index (κ3) is 2.04. The molecule has 0 saturated carbocycles. The summed E-state index contributed by atoms with van der Waals surface area (Å²) in [7, 11) is 1.27. The average molecular weight is 249 g/mol. The summed E-state index contributed by atoms with van der Waals surface area (Å²) < 4.78 is 10.8. The lowest BCUT2D eigenvalue weighted by molar-refractivity contribution is -0.117. The van der Waals surface area contributed by atoms with Crippen LogP contribution >= 0.6 is 0 Å². The maximum Gasteiger partial charge on any atom is 0.420 e. The number of benzene rings is 1. The van der Waals surface area contributed by atoms with Gasteiger partial charge in [-0.1, -0.05) is 0 Å². The van der Waals surface area contributed by atoms with Crippen LogP contribution in [0.2, 0.25) is 0 Å². The van der Waals surface area contributed by atoms with Gasteiger partial charge in [-0.3, -0.25) is 9.36 Å². The van der Waals surface area contributed by atoms with Crippen molar-refractivity contribution < 1.29 is 18.7 Å². The number of hydrogen-bond acceptors (Lipinski definition) is 5. The molecule has 0 unspecified atom stereocenters. The first-order chi connectivity index (χ1) is 8.52. The largest absolute Gasteiger partial charge is 0.465 e. The zero-order valence-electron chi connectivity index (χ0n) is 9.93. The molecular weight excluding hydrogens is 238 g/mol. The summed E-state index contributed by atoms with van der Waals surface area (Å²) in [6.45, 7) is 1.33. The molecule has 6 heteroatoms. The molecule has 94 valence electrons. The van der Waals surface area contributed by atoms with Gasteiger partial charge in [0.05, 0.1) is 24.7 Å². The van der Waals surface area contributed by atoms with Crippen LogP contribution in [-0.4, -0.2) is 23.4 Å². The highest BCUT2D eigenvalue weighted by Gasteiger charge is 2.13. The molecule has 2 aromatic rings. The quantitative estimate of drug-likeness (QED) is 0.757. The average Bonchev–Trinajstić information content (AvgIpc) is 2.63. The molecule has 1 aromatic heterocycles. The standard InChI is InChI=1S/C12H11NO5/c1-7(14)6-13-9-4-3-8(11(15)17-2)5-10(9)18-12(13)16/h3-5H,6H2,1-2H3. The van der Waals surface area contributed by atoms with Crippen molar-refractivity contribution in [2.24, 2.45) is 0 Å². The molecule has 0 spiro atoms. The molecule has 6 nitrogen and oxygen atoms in total. The minimum Gasteiger partial charge on any atom is -0.465 e. The zero-order chi connectivity index (χ0) is 13.3. The molecule has 0 atom stereocenters. The number of rotatable bonds is 3. The van der Waals surface area contributed by atoms with Gasteiger partial charge in [-0.15, -0.1) is 0 Å². The fourth-order valence-corrected chi connectivity index (χ4v) is 1.68. The molecule has 0 saturated heterocycles. The van der Waals surface area contributed by atoms with E-state index in [0.717, 1.165) is 0 Å². The number of ketones is 1. The van der Waals surface area contributed by atoms with E-state index in [2.05, 4.69) is 4.74 Å². The molecule has 0 amide bonds. The second-order valence-corrected chi connectivity index (χ2v) is 3.83. The number of carbonyl (C=O) groups excluding carboxylic acids is 2. The van der Waals surface area contributed by atoms with Crippen LogP contribution in [0.4, 0.5) is 0 Å². The Hall–Kier alpha value is -2.37. The van der Waals surface area contributed by atoms with E-state index in [-0.39, 0.29) is 23.5 Å². The summed E-state index contributed by atoms with van der Waals surface area (Å²) in [6.07, 6.45) is 0. The third-order valence-electron chi connectivity index (χ3n) is 2.47. The Bertz CT molecular complexity index is 679. The predicted octanol–water partition coefficient (Wildman–Crippen LogP) is 0.970. The lowest BCUT2D eigenvalue weighted by Gasteiger charge is -2.00. The fraction of sp³-hybridized carbons (Fsp3) is 0.250. The number of aromatic nitrogens is 1. The summed E-state index contributed by atoms with van der Waals surface area (Å²) in [6, 6.07) is 4.48. The fourth-order valence-electron chi connectivity index (χ4n) is 1.68. The van der Waals surface area contributed by atoms with E-state index in [1.165, 1.54) is 30.7 Å². The highest BCUT2D eigenvalue weighted by atomic mass is 16.5. The van der Waals surface area contributed by atoms with Gasteiger partial charge in [0.1, 0.15) is 5.78 Å². The molecular formula is C12H11NO5. The highest BCUT2D eigenvalue weighted by molar-refractivity contribution is 5.93. The van der Waals surface area contributed by atoms with E-state index in [1.807, 2.05) is 0 Å². The Labute approximate surface area is 102 Å². The van der Waals surface area contributed by atoms with Crippen molar-refractivity contribution in [3.8, 4) is 0 Å². The smallest absolute Gasteiger partial charge is 0.420 e. The monoisotopic (exact) mass is 249 g/mol. The Kier molecular flexibility index (Phi) is 3.01. The minimum absolute atomic E-state index is 0.0522. The van der Waals surface area contributed by atoms with Crippen molar-refractivity contribution in [3.05, 3.63) is 34.3 Å². The second-order valence-electron chi connectivity index (χ2n) is 3.83. The Morgan fingerprint density at radius 3 is 2.72 bits per heavy atom. The van der Waals surface area contributed by atoms with Gasteiger partial charge in [0.2, 0.25) is 0 Å². The van der Waals surface area contributed by atoms with E-state index >= 15 is 0 Å². The first-order valence-electron chi connectivity index (χ1n) is 5.24. The zero-order valence-corrected chi connectivity index (χ0v) is 9.93. The molecule has 0 aliphatic rings. The molecule has 0 bridgehead atoms. The van der Waals surface area contributed by atoms with Crippen molar-refractivity contribution >= 4 is 22.9 Å². The lowest BCUT2D eigenvalue weighted by Crippen LogP contribution is -2.18. The van der Waals surface area contributed by atoms with Crippen molar-refractivity contribution in [2.45, 2.75) is 13.5 Å². The van der Waals surface area contributed by atoms with Crippen molar-refractivity contribution in [3.63, 3.8) is 0 Å². The summed E-state index contributed by atoms with van der Waals surface area (Å²) in [5.41, 5.74) is 1.01. The van der Waals surface area contributed by atoms with E-state index in [1.54, 1.807) is 6.07 Å². The normalized spacial score (nSPS) is 10.6. The summed E-state index contributed by atoms with van der Waals surface area (Å²) >= 11 is 0. The van der Waals surface area contributed by atoms with Gasteiger partial charge in [0.25, 0.3) is 0 Å². The Morgan fingerprint density at radius 2 is 2.11 bits per heavy atom. The Balaban J connectivity index is 2.58. The van der Waals surface area contributed by atoms with Crippen molar-refractivity contribution in [2.75, 3.05) is 7.11 Å². The maximum atomic E-state index is 11.6. The number of Topliss-reactive ketones (excluding diaryl/α,β-unsaturated/α-hetero) is 1. The van der Waals surface area contributed by atoms with Crippen LogP contribution < -0.4 is 5.76 Å². The number of carbonyl (C=O) groups is 2. The molecule has 1 aromatic carbocycles. The highest BCUT2D eigenvalue weighted by Crippen LogP contribution is 2.15. The van der Waals surface area contributed by atoms with E-state index in [9.17, 15) is 14.4 Å². The predicted molar refractivity (Wildman–Crippen MR) is 62.5 cm³/mol. The van der Waals surface area contributed by atoms with Gasteiger partial charge in [-0.25, -0.2) is 9.59 Å². The third-order valence-corrected chi connectivity index (χ3v) is 2.47. The van der Waals surface area contributed by atoms with Gasteiger partial charge in [0.15, 0.2) is 5.58 Å². The molecule has 0 fully saturated rings. The number of fused-ring (bicyclic) bond motifs is 1. The molecule has 0 aliphatic carbocycles. The lowest BCUT2D eigenvalue weighted by atomic mass is 10.2. The van der Waals surface area contributed by atoms with E-state index < -0.39 is 11.7 Å². The number of esters is 1. The molecule has 0 aliphatic heterocycles. The summed E-state index contributed by atoms with van der Waals surface area (Å²) in [5.74, 6) is -1.29. The summed E-state index contributed by atoms with van der Waals surface area (Å²) in [5, 5.41) is 0. The van der Waals surface area contributed by atoms with Crippen LogP contribution in [0.25, 0.3) is 11.1 Å².